The number of piperazine rings is 1. The highest BCUT2D eigenvalue weighted by Gasteiger charge is 1.91. The van der Waals surface area contributed by atoms with Crippen LogP contribution in [0.2, 0.25) is 0 Å². The minimum absolute atomic E-state index is 1.06. The molecule has 4 nitrogen and oxygen atoms in total. The van der Waals surface area contributed by atoms with Gasteiger partial charge in [-0.1, -0.05) is 30.3 Å². The van der Waals surface area contributed by atoms with Crippen molar-refractivity contribution in [1.29, 1.82) is 0 Å². The summed E-state index contributed by atoms with van der Waals surface area (Å²) in [7, 11) is 0. The van der Waals surface area contributed by atoms with Crippen LogP contribution < -0.4 is 10.6 Å². The molecule has 0 aliphatic carbocycles. The minimum atomic E-state index is 1.06. The number of hydrogen-bond acceptors (Lipinski definition) is 4. The van der Waals surface area contributed by atoms with E-state index in [1.165, 1.54) is 5.39 Å². The molecule has 0 atom stereocenters. The van der Waals surface area contributed by atoms with E-state index >= 15 is 0 Å². The highest BCUT2D eigenvalue weighted by Crippen LogP contribution is 2.07. The molecule has 114 valence electrons. The number of nitrogens with one attached hydrogen (secondary N) is 2. The van der Waals surface area contributed by atoms with Crippen molar-refractivity contribution in [1.82, 2.24) is 20.6 Å². The average molecular weight is 294 g/mol. The summed E-state index contributed by atoms with van der Waals surface area (Å²) >= 11 is 0. The second-order valence-corrected chi connectivity index (χ2v) is 4.72. The van der Waals surface area contributed by atoms with E-state index in [1.54, 1.807) is 12.4 Å². The highest BCUT2D eigenvalue weighted by atomic mass is 15.0. The van der Waals surface area contributed by atoms with Crippen molar-refractivity contribution in [3.8, 4) is 0 Å². The number of fused-ring (bicyclic) bond motifs is 1. The van der Waals surface area contributed by atoms with Gasteiger partial charge in [-0.25, -0.2) is 0 Å². The predicted molar refractivity (Wildman–Crippen MR) is 91.7 cm³/mol. The lowest BCUT2D eigenvalue weighted by Gasteiger charge is -2.11. The van der Waals surface area contributed by atoms with Crippen LogP contribution in [0.4, 0.5) is 0 Å². The monoisotopic (exact) mass is 294 g/mol. The summed E-state index contributed by atoms with van der Waals surface area (Å²) in [4.78, 5) is 7.97. The van der Waals surface area contributed by atoms with Gasteiger partial charge in [0.15, 0.2) is 0 Å². The van der Waals surface area contributed by atoms with E-state index in [1.807, 2.05) is 48.7 Å². The minimum Gasteiger partial charge on any atom is -0.314 e. The summed E-state index contributed by atoms with van der Waals surface area (Å²) in [6, 6.07) is 17.8. The van der Waals surface area contributed by atoms with Crippen LogP contribution in [0.1, 0.15) is 0 Å². The lowest BCUT2D eigenvalue weighted by molar-refractivity contribution is 0.534. The van der Waals surface area contributed by atoms with Gasteiger partial charge in [-0.2, -0.15) is 0 Å². The first-order chi connectivity index (χ1) is 11.0. The molecule has 0 bridgehead atoms. The second-order valence-electron chi connectivity index (χ2n) is 4.72. The number of rotatable bonds is 0. The molecule has 3 aromatic rings. The fourth-order valence-electron chi connectivity index (χ4n) is 1.93. The zero-order chi connectivity index (χ0) is 15.3. The van der Waals surface area contributed by atoms with Crippen LogP contribution in [0.3, 0.4) is 0 Å². The molecule has 1 aliphatic rings. The molecule has 0 saturated carbocycles. The van der Waals surface area contributed by atoms with E-state index in [0.717, 1.165) is 31.7 Å². The van der Waals surface area contributed by atoms with Crippen LogP contribution >= 0.6 is 0 Å². The van der Waals surface area contributed by atoms with Crippen molar-refractivity contribution < 1.29 is 0 Å². The lowest BCUT2D eigenvalue weighted by atomic mass is 10.2. The van der Waals surface area contributed by atoms with Gasteiger partial charge in [0.1, 0.15) is 0 Å². The maximum atomic E-state index is 4.18. The number of aromatic nitrogens is 2. The van der Waals surface area contributed by atoms with Crippen LogP contribution in [0, 0.1) is 0 Å². The van der Waals surface area contributed by atoms with Crippen LogP contribution in [0.15, 0.2) is 73.2 Å². The zero-order valence-corrected chi connectivity index (χ0v) is 12.7. The smallest absolute Gasteiger partial charge is 0.0701 e. The van der Waals surface area contributed by atoms with Crippen LogP contribution in [-0.2, 0) is 0 Å². The zero-order valence-electron chi connectivity index (χ0n) is 12.7. The Bertz CT molecular complexity index is 520. The topological polar surface area (TPSA) is 49.8 Å². The van der Waals surface area contributed by atoms with E-state index in [-0.39, 0.29) is 0 Å². The first-order valence-corrected chi connectivity index (χ1v) is 7.53. The Balaban J connectivity index is 0.000000128. The molecular formula is C18H22N4. The van der Waals surface area contributed by atoms with Gasteiger partial charge in [0.05, 0.1) is 5.52 Å². The lowest BCUT2D eigenvalue weighted by Crippen LogP contribution is -2.39. The molecule has 0 radical (unpaired) electrons. The molecule has 1 aliphatic heterocycles. The first-order valence-electron chi connectivity index (χ1n) is 7.53. The third-order valence-electron chi connectivity index (χ3n) is 3.04. The van der Waals surface area contributed by atoms with Crippen molar-refractivity contribution >= 4 is 10.9 Å². The average Bonchev–Trinajstić information content (AvgIpc) is 2.66. The molecule has 2 aromatic heterocycles. The van der Waals surface area contributed by atoms with E-state index in [9.17, 15) is 0 Å². The molecule has 22 heavy (non-hydrogen) atoms. The predicted octanol–water partition coefficient (Wildman–Crippen LogP) is 2.50. The van der Waals surface area contributed by atoms with Gasteiger partial charge in [-0.3, -0.25) is 9.97 Å². The molecule has 1 saturated heterocycles. The van der Waals surface area contributed by atoms with Crippen molar-refractivity contribution in [3.63, 3.8) is 0 Å². The van der Waals surface area contributed by atoms with Crippen LogP contribution in [0.25, 0.3) is 10.9 Å². The van der Waals surface area contributed by atoms with Gasteiger partial charge in [0.25, 0.3) is 0 Å². The van der Waals surface area contributed by atoms with Gasteiger partial charge in [0, 0.05) is 50.2 Å². The maximum absolute atomic E-state index is 4.18. The Kier molecular flexibility index (Phi) is 7.62. The number of para-hydroxylation sites is 1. The summed E-state index contributed by atoms with van der Waals surface area (Å²) in [5, 5.41) is 7.64. The Morgan fingerprint density at radius 2 is 1.27 bits per heavy atom. The Hall–Kier alpha value is -2.30. The summed E-state index contributed by atoms with van der Waals surface area (Å²) in [5.41, 5.74) is 1.06. The molecule has 1 fully saturated rings. The molecule has 0 amide bonds. The Morgan fingerprint density at radius 3 is 1.77 bits per heavy atom. The van der Waals surface area contributed by atoms with Crippen molar-refractivity contribution in [2.45, 2.75) is 0 Å². The largest absolute Gasteiger partial charge is 0.314 e. The molecule has 2 N–H and O–H groups in total. The fraction of sp³-hybridized carbons (Fsp3) is 0.222. The quantitative estimate of drug-likeness (QED) is 0.669. The standard InChI is InChI=1S/C9H7N.C5H5N.C4H10N2/c1-2-6-9-8(4-1)5-3-7-10-9;1-2-4-6-5-3-1;1-2-6-4-3-5-1/h1-7H;1-5H;5-6H,1-4H2. The number of hydrogen-bond donors (Lipinski definition) is 2. The Labute approximate surface area is 131 Å². The summed E-state index contributed by atoms with van der Waals surface area (Å²) in [5.74, 6) is 0. The van der Waals surface area contributed by atoms with E-state index in [0.29, 0.717) is 0 Å². The SMILES string of the molecule is C1CNCCN1.c1ccc2ncccc2c1.c1ccncc1. The summed E-state index contributed by atoms with van der Waals surface area (Å²) in [6.07, 6.45) is 5.31. The highest BCUT2D eigenvalue weighted by molar-refractivity contribution is 5.77. The van der Waals surface area contributed by atoms with Gasteiger partial charge in [-0.05, 0) is 24.3 Å². The maximum Gasteiger partial charge on any atom is 0.0701 e. The van der Waals surface area contributed by atoms with E-state index < -0.39 is 0 Å². The molecule has 4 heteroatoms. The van der Waals surface area contributed by atoms with Gasteiger partial charge in [0.2, 0.25) is 0 Å². The van der Waals surface area contributed by atoms with Crippen molar-refractivity contribution in [3.05, 3.63) is 73.2 Å². The normalized spacial score (nSPS) is 13.3. The second kappa shape index (κ2) is 10.4. The molecule has 0 unspecified atom stereocenters. The summed E-state index contributed by atoms with van der Waals surface area (Å²) < 4.78 is 0. The van der Waals surface area contributed by atoms with Crippen molar-refractivity contribution in [2.24, 2.45) is 0 Å². The Morgan fingerprint density at radius 1 is 0.636 bits per heavy atom. The van der Waals surface area contributed by atoms with E-state index in [4.69, 9.17) is 0 Å². The molecule has 4 rings (SSSR count). The fourth-order valence-corrected chi connectivity index (χ4v) is 1.93. The third-order valence-corrected chi connectivity index (χ3v) is 3.04. The number of pyridine rings is 2. The number of nitrogens with zero attached hydrogens (tertiary/aromatic N) is 2. The molecule has 0 spiro atoms. The van der Waals surface area contributed by atoms with Gasteiger partial charge >= 0.3 is 0 Å². The first kappa shape index (κ1) is 16.1. The third kappa shape index (κ3) is 6.43. The molecular weight excluding hydrogens is 272 g/mol. The molecule has 3 heterocycles. The van der Waals surface area contributed by atoms with E-state index in [2.05, 4.69) is 32.7 Å². The van der Waals surface area contributed by atoms with Gasteiger partial charge < -0.3 is 10.6 Å². The number of benzene rings is 1. The van der Waals surface area contributed by atoms with Gasteiger partial charge in [-0.15, -0.1) is 0 Å². The van der Waals surface area contributed by atoms with Crippen molar-refractivity contribution in [2.75, 3.05) is 26.2 Å². The van der Waals surface area contributed by atoms with Crippen LogP contribution in [-0.4, -0.2) is 36.1 Å². The molecule has 1 aromatic carbocycles. The van der Waals surface area contributed by atoms with Crippen LogP contribution in [0.5, 0.6) is 0 Å². The summed E-state index contributed by atoms with van der Waals surface area (Å²) in [6.45, 7) is 4.56.